The number of hydrogen-bond donors (Lipinski definition) is 1. The van der Waals surface area contributed by atoms with Gasteiger partial charge in [-0.25, -0.2) is 4.39 Å². The lowest BCUT2D eigenvalue weighted by atomic mass is 9.90. The van der Waals surface area contributed by atoms with Gasteiger partial charge < -0.3 is 10.1 Å². The zero-order chi connectivity index (χ0) is 14.5. The van der Waals surface area contributed by atoms with E-state index in [1.165, 1.54) is 6.07 Å². The maximum absolute atomic E-state index is 13.4. The van der Waals surface area contributed by atoms with Gasteiger partial charge in [0.05, 0.1) is 11.6 Å². The van der Waals surface area contributed by atoms with Crippen molar-refractivity contribution in [1.29, 1.82) is 0 Å². The summed E-state index contributed by atoms with van der Waals surface area (Å²) in [6, 6.07) is 5.35. The lowest BCUT2D eigenvalue weighted by molar-refractivity contribution is -0.0392. The van der Waals surface area contributed by atoms with E-state index in [1.807, 2.05) is 19.1 Å². The molecule has 2 nitrogen and oxygen atoms in total. The van der Waals surface area contributed by atoms with E-state index in [9.17, 15) is 4.39 Å². The van der Waals surface area contributed by atoms with E-state index < -0.39 is 0 Å². The van der Waals surface area contributed by atoms with Crippen LogP contribution in [0.1, 0.15) is 51.3 Å². The first-order valence-electron chi connectivity index (χ1n) is 7.05. The summed E-state index contributed by atoms with van der Waals surface area (Å²) in [6.07, 6.45) is 1.05. The lowest BCUT2D eigenvalue weighted by Crippen LogP contribution is -2.42. The van der Waals surface area contributed by atoms with Gasteiger partial charge >= 0.3 is 0 Å². The summed E-state index contributed by atoms with van der Waals surface area (Å²) in [5.74, 6) is -0.160. The predicted octanol–water partition coefficient (Wildman–Crippen LogP) is 3.99. The predicted molar refractivity (Wildman–Crippen MR) is 77.9 cm³/mol. The van der Waals surface area contributed by atoms with Crippen molar-refractivity contribution in [2.45, 2.75) is 52.7 Å². The molecule has 0 bridgehead atoms. The molecule has 0 aliphatic carbocycles. The minimum Gasteiger partial charge on any atom is -0.374 e. The Balaban J connectivity index is 3.04. The van der Waals surface area contributed by atoms with Gasteiger partial charge in [-0.05, 0) is 57.9 Å². The summed E-state index contributed by atoms with van der Waals surface area (Å²) >= 11 is 0. The molecule has 0 radical (unpaired) electrons. The fourth-order valence-electron chi connectivity index (χ4n) is 2.36. The average Bonchev–Trinajstić information content (AvgIpc) is 2.33. The SMILES string of the molecule is CCCNC(c1ccc(F)c(C)c1)C(C)(C)OCC. The molecule has 0 aromatic heterocycles. The van der Waals surface area contributed by atoms with Gasteiger partial charge in [0.2, 0.25) is 0 Å². The van der Waals surface area contributed by atoms with Crippen LogP contribution in [0.25, 0.3) is 0 Å². The Morgan fingerprint density at radius 3 is 2.53 bits per heavy atom. The molecule has 0 heterocycles. The largest absolute Gasteiger partial charge is 0.374 e. The monoisotopic (exact) mass is 267 g/mol. The van der Waals surface area contributed by atoms with Gasteiger partial charge in [-0.1, -0.05) is 19.1 Å². The van der Waals surface area contributed by atoms with E-state index in [-0.39, 0.29) is 17.5 Å². The quantitative estimate of drug-likeness (QED) is 0.806. The number of ether oxygens (including phenoxy) is 1. The molecule has 0 saturated carbocycles. The standard InChI is InChI=1S/C16H26FNO/c1-6-10-18-15(16(4,5)19-7-2)13-8-9-14(17)12(3)11-13/h8-9,11,15,18H,6-7,10H2,1-5H3. The smallest absolute Gasteiger partial charge is 0.126 e. The average molecular weight is 267 g/mol. The molecule has 1 unspecified atom stereocenters. The second-order valence-electron chi connectivity index (χ2n) is 5.43. The number of aryl methyl sites for hydroxylation is 1. The fourth-order valence-corrected chi connectivity index (χ4v) is 2.36. The molecule has 1 N–H and O–H groups in total. The minimum atomic E-state index is -0.325. The van der Waals surface area contributed by atoms with Gasteiger partial charge in [-0.3, -0.25) is 0 Å². The molecule has 0 aliphatic rings. The summed E-state index contributed by atoms with van der Waals surface area (Å²) in [6.45, 7) is 11.6. The second-order valence-corrected chi connectivity index (χ2v) is 5.43. The van der Waals surface area contributed by atoms with Crippen LogP contribution in [-0.4, -0.2) is 18.8 Å². The molecule has 0 amide bonds. The number of hydrogen-bond acceptors (Lipinski definition) is 2. The highest BCUT2D eigenvalue weighted by atomic mass is 19.1. The summed E-state index contributed by atoms with van der Waals surface area (Å²) in [7, 11) is 0. The Morgan fingerprint density at radius 1 is 1.32 bits per heavy atom. The van der Waals surface area contributed by atoms with E-state index in [0.29, 0.717) is 12.2 Å². The van der Waals surface area contributed by atoms with Gasteiger partial charge in [0.15, 0.2) is 0 Å². The molecule has 3 heteroatoms. The third-order valence-electron chi connectivity index (χ3n) is 3.33. The topological polar surface area (TPSA) is 21.3 Å². The number of halogens is 1. The van der Waals surface area contributed by atoms with E-state index in [4.69, 9.17) is 4.74 Å². The van der Waals surface area contributed by atoms with Gasteiger partial charge in [0.1, 0.15) is 5.82 Å². The zero-order valence-electron chi connectivity index (χ0n) is 12.7. The van der Waals surface area contributed by atoms with Crippen molar-refractivity contribution in [3.05, 3.63) is 35.1 Å². The van der Waals surface area contributed by atoms with Crippen LogP contribution in [-0.2, 0) is 4.74 Å². The Hall–Kier alpha value is -0.930. The van der Waals surface area contributed by atoms with Crippen LogP contribution < -0.4 is 5.32 Å². The molecule has 0 saturated heterocycles. The van der Waals surface area contributed by atoms with Gasteiger partial charge in [0.25, 0.3) is 0 Å². The number of rotatable bonds is 7. The third-order valence-corrected chi connectivity index (χ3v) is 3.33. The van der Waals surface area contributed by atoms with Crippen LogP contribution in [0.15, 0.2) is 18.2 Å². The van der Waals surface area contributed by atoms with Crippen molar-refractivity contribution in [3.63, 3.8) is 0 Å². The molecule has 1 aromatic rings. The minimum absolute atomic E-state index is 0.0618. The molecule has 1 aromatic carbocycles. The zero-order valence-corrected chi connectivity index (χ0v) is 12.7. The molecule has 19 heavy (non-hydrogen) atoms. The first-order valence-corrected chi connectivity index (χ1v) is 7.05. The highest BCUT2D eigenvalue weighted by Crippen LogP contribution is 2.30. The van der Waals surface area contributed by atoms with Crippen LogP contribution >= 0.6 is 0 Å². The Labute approximate surface area is 116 Å². The Bertz CT molecular complexity index is 404. The highest BCUT2D eigenvalue weighted by molar-refractivity contribution is 5.28. The molecule has 1 rings (SSSR count). The van der Waals surface area contributed by atoms with Gasteiger partial charge in [0, 0.05) is 6.61 Å². The molecule has 0 fully saturated rings. The van der Waals surface area contributed by atoms with Crippen molar-refractivity contribution in [2.24, 2.45) is 0 Å². The van der Waals surface area contributed by atoms with Crippen molar-refractivity contribution in [3.8, 4) is 0 Å². The van der Waals surface area contributed by atoms with Gasteiger partial charge in [-0.15, -0.1) is 0 Å². The normalized spacial score (nSPS) is 13.6. The molecule has 108 valence electrons. The number of benzene rings is 1. The molecular weight excluding hydrogens is 241 g/mol. The highest BCUT2D eigenvalue weighted by Gasteiger charge is 2.31. The van der Waals surface area contributed by atoms with E-state index in [1.54, 1.807) is 6.92 Å². The lowest BCUT2D eigenvalue weighted by Gasteiger charge is -2.35. The third kappa shape index (κ3) is 4.29. The number of nitrogens with one attached hydrogen (secondary N) is 1. The summed E-state index contributed by atoms with van der Waals surface area (Å²) < 4.78 is 19.3. The van der Waals surface area contributed by atoms with Crippen molar-refractivity contribution >= 4 is 0 Å². The summed E-state index contributed by atoms with van der Waals surface area (Å²) in [5, 5.41) is 3.51. The second kappa shape index (κ2) is 7.01. The van der Waals surface area contributed by atoms with E-state index >= 15 is 0 Å². The Morgan fingerprint density at radius 2 is 2.00 bits per heavy atom. The Kier molecular flexibility index (Phi) is 5.95. The van der Waals surface area contributed by atoms with Crippen molar-refractivity contribution < 1.29 is 9.13 Å². The van der Waals surface area contributed by atoms with Crippen LogP contribution in [0.2, 0.25) is 0 Å². The molecule has 0 aliphatic heterocycles. The van der Waals surface area contributed by atoms with Crippen LogP contribution in [0, 0.1) is 12.7 Å². The maximum atomic E-state index is 13.4. The molecule has 1 atom stereocenters. The summed E-state index contributed by atoms with van der Waals surface area (Å²) in [4.78, 5) is 0. The van der Waals surface area contributed by atoms with E-state index in [2.05, 4.69) is 26.1 Å². The molecular formula is C16H26FNO. The first kappa shape index (κ1) is 16.1. The van der Waals surface area contributed by atoms with Crippen LogP contribution in [0.3, 0.4) is 0 Å². The van der Waals surface area contributed by atoms with Gasteiger partial charge in [-0.2, -0.15) is 0 Å². The first-order chi connectivity index (χ1) is 8.92. The van der Waals surface area contributed by atoms with Crippen molar-refractivity contribution in [2.75, 3.05) is 13.2 Å². The summed E-state index contributed by atoms with van der Waals surface area (Å²) in [5.41, 5.74) is 1.42. The van der Waals surface area contributed by atoms with Crippen LogP contribution in [0.5, 0.6) is 0 Å². The van der Waals surface area contributed by atoms with E-state index in [0.717, 1.165) is 18.5 Å². The molecule has 0 spiro atoms. The fraction of sp³-hybridized carbons (Fsp3) is 0.625. The van der Waals surface area contributed by atoms with Crippen LogP contribution in [0.4, 0.5) is 4.39 Å². The van der Waals surface area contributed by atoms with Crippen molar-refractivity contribution in [1.82, 2.24) is 5.32 Å². The maximum Gasteiger partial charge on any atom is 0.126 e.